The maximum atomic E-state index is 12.1. The Morgan fingerprint density at radius 2 is 1.90 bits per heavy atom. The van der Waals surface area contributed by atoms with Crippen LogP contribution in [-0.2, 0) is 4.79 Å². The van der Waals surface area contributed by atoms with Crippen LogP contribution in [0.15, 0.2) is 23.3 Å². The van der Waals surface area contributed by atoms with E-state index in [-0.39, 0.29) is 11.2 Å². The molecule has 0 aromatic rings. The average Bonchev–Trinajstić information content (AvgIpc) is 3.07. The van der Waals surface area contributed by atoms with Gasteiger partial charge < -0.3 is 5.11 Å². The number of aliphatic hydroxyl groups is 1. The minimum Gasteiger partial charge on any atom is -0.389 e. The molecule has 4 aliphatic carbocycles. The second kappa shape index (κ2) is 8.47. The van der Waals surface area contributed by atoms with Crippen molar-refractivity contribution in [1.29, 1.82) is 0 Å². The predicted octanol–water partition coefficient (Wildman–Crippen LogP) is 7.12. The van der Waals surface area contributed by atoms with Crippen molar-refractivity contribution in [1.82, 2.24) is 0 Å². The third-order valence-electron chi connectivity index (χ3n) is 10.7. The fourth-order valence-electron chi connectivity index (χ4n) is 8.94. The van der Waals surface area contributed by atoms with Gasteiger partial charge in [0.25, 0.3) is 0 Å². The molecule has 0 bridgehead atoms. The van der Waals surface area contributed by atoms with Crippen molar-refractivity contribution in [3.63, 3.8) is 0 Å². The van der Waals surface area contributed by atoms with Crippen LogP contribution in [0.4, 0.5) is 0 Å². The number of carbonyl (C=O) groups is 1. The van der Waals surface area contributed by atoms with Crippen molar-refractivity contribution in [3.8, 4) is 0 Å². The van der Waals surface area contributed by atoms with Crippen LogP contribution < -0.4 is 0 Å². The van der Waals surface area contributed by atoms with E-state index >= 15 is 0 Å². The number of hydrogen-bond donors (Lipinski definition) is 1. The fourth-order valence-corrected chi connectivity index (χ4v) is 8.94. The molecular weight excluding hydrogens is 380 g/mol. The Labute approximate surface area is 191 Å². The average molecular weight is 427 g/mol. The second-order valence-corrected chi connectivity index (χ2v) is 12.4. The lowest BCUT2D eigenvalue weighted by molar-refractivity contribution is -0.119. The van der Waals surface area contributed by atoms with Gasteiger partial charge in [-0.15, -0.1) is 0 Å². The summed E-state index contributed by atoms with van der Waals surface area (Å²) >= 11 is 0. The van der Waals surface area contributed by atoms with Crippen molar-refractivity contribution in [2.45, 2.75) is 105 Å². The topological polar surface area (TPSA) is 37.3 Å². The molecule has 4 rings (SSSR count). The van der Waals surface area contributed by atoms with Crippen LogP contribution in [0, 0.1) is 46.3 Å². The summed E-state index contributed by atoms with van der Waals surface area (Å²) in [7, 11) is 0. The van der Waals surface area contributed by atoms with E-state index in [2.05, 4.69) is 47.6 Å². The second-order valence-electron chi connectivity index (χ2n) is 12.4. The summed E-state index contributed by atoms with van der Waals surface area (Å²) < 4.78 is 0. The highest BCUT2D eigenvalue weighted by atomic mass is 16.3. The number of allylic oxidation sites excluding steroid dienone is 2. The third kappa shape index (κ3) is 3.79. The molecule has 2 nitrogen and oxygen atoms in total. The Balaban J connectivity index is 1.52. The summed E-state index contributed by atoms with van der Waals surface area (Å²) in [6.45, 7) is 14.3. The molecule has 0 saturated heterocycles. The molecule has 0 aromatic heterocycles. The first kappa shape index (κ1) is 23.3. The van der Waals surface area contributed by atoms with Gasteiger partial charge in [-0.3, -0.25) is 4.79 Å². The highest BCUT2D eigenvalue weighted by Gasteiger charge is 2.60. The fraction of sp³-hybridized carbons (Fsp3) is 0.828. The number of rotatable bonds is 5. The Morgan fingerprint density at radius 3 is 2.58 bits per heavy atom. The molecule has 0 aromatic carbocycles. The van der Waals surface area contributed by atoms with Crippen LogP contribution in [0.2, 0.25) is 0 Å². The lowest BCUT2D eigenvalue weighted by Crippen LogP contribution is -2.54. The smallest absolute Gasteiger partial charge is 0.155 e. The molecule has 31 heavy (non-hydrogen) atoms. The van der Waals surface area contributed by atoms with Crippen LogP contribution >= 0.6 is 0 Å². The minimum absolute atomic E-state index is 0.0410. The molecule has 0 radical (unpaired) electrons. The number of carbonyl (C=O) groups excluding carboxylic acids is 1. The maximum Gasteiger partial charge on any atom is 0.155 e. The maximum absolute atomic E-state index is 12.1. The number of fused-ring (bicyclic) bond motifs is 5. The molecule has 3 saturated carbocycles. The number of ketones is 1. The molecule has 0 spiro atoms. The molecule has 2 heteroatoms. The molecule has 0 amide bonds. The molecule has 174 valence electrons. The van der Waals surface area contributed by atoms with E-state index in [9.17, 15) is 9.90 Å². The molecule has 1 N–H and O–H groups in total. The quantitative estimate of drug-likeness (QED) is 0.475. The Hall–Kier alpha value is -0.890. The van der Waals surface area contributed by atoms with Crippen molar-refractivity contribution >= 4 is 5.78 Å². The molecule has 3 fully saturated rings. The highest BCUT2D eigenvalue weighted by molar-refractivity contribution is 5.91. The first-order valence-corrected chi connectivity index (χ1v) is 13.2. The van der Waals surface area contributed by atoms with Crippen LogP contribution in [0.3, 0.4) is 0 Å². The lowest BCUT2D eigenvalue weighted by atomic mass is 9.46. The predicted molar refractivity (Wildman–Crippen MR) is 129 cm³/mol. The third-order valence-corrected chi connectivity index (χ3v) is 10.7. The lowest BCUT2D eigenvalue weighted by Gasteiger charge is -2.59. The Morgan fingerprint density at radius 1 is 1.16 bits per heavy atom. The van der Waals surface area contributed by atoms with E-state index in [1.54, 1.807) is 5.57 Å². The van der Waals surface area contributed by atoms with Crippen LogP contribution in [0.5, 0.6) is 0 Å². The van der Waals surface area contributed by atoms with Gasteiger partial charge in [0.1, 0.15) is 0 Å². The van der Waals surface area contributed by atoms with Crippen molar-refractivity contribution in [2.75, 3.05) is 0 Å². The van der Waals surface area contributed by atoms with E-state index in [4.69, 9.17) is 0 Å². The summed E-state index contributed by atoms with van der Waals surface area (Å²) in [4.78, 5) is 12.1. The summed E-state index contributed by atoms with van der Waals surface area (Å²) in [5, 5.41) is 11.1. The van der Waals surface area contributed by atoms with E-state index in [0.717, 1.165) is 36.2 Å². The van der Waals surface area contributed by atoms with E-state index < -0.39 is 6.10 Å². The summed E-state index contributed by atoms with van der Waals surface area (Å²) in [6.07, 6.45) is 14.1. The first-order chi connectivity index (χ1) is 14.6. The Kier molecular flexibility index (Phi) is 6.36. The molecule has 8 atom stereocenters. The zero-order chi connectivity index (χ0) is 22.6. The van der Waals surface area contributed by atoms with Crippen molar-refractivity contribution < 1.29 is 9.90 Å². The van der Waals surface area contributed by atoms with Crippen LogP contribution in [0.25, 0.3) is 0 Å². The van der Waals surface area contributed by atoms with Crippen molar-refractivity contribution in [2.24, 2.45) is 46.3 Å². The van der Waals surface area contributed by atoms with Crippen LogP contribution in [0.1, 0.15) is 99.3 Å². The number of aliphatic hydroxyl groups excluding tert-OH is 1. The van der Waals surface area contributed by atoms with Gasteiger partial charge in [-0.25, -0.2) is 0 Å². The Bertz CT molecular complexity index is 761. The standard InChI is InChI=1S/C29H46O2/c1-7-20(18(2)3)9-8-19(4)23-10-11-24-22-17-27(31)26-16-21(30)12-14-29(26,6)25(22)13-15-28(23,24)5/h7,16,18-19,22-25,27,31H,8-15,17H2,1-6H3/b20-7-/t19-,22+,23-,24+,25+,27-,28-,29-/m1/s1. The van der Waals surface area contributed by atoms with Gasteiger partial charge in [-0.1, -0.05) is 46.3 Å². The van der Waals surface area contributed by atoms with E-state index in [1.807, 2.05) is 6.08 Å². The van der Waals surface area contributed by atoms with Gasteiger partial charge in [0.05, 0.1) is 6.10 Å². The highest BCUT2D eigenvalue weighted by Crippen LogP contribution is 2.67. The zero-order valence-corrected chi connectivity index (χ0v) is 20.9. The van der Waals surface area contributed by atoms with Gasteiger partial charge in [-0.05, 0) is 116 Å². The van der Waals surface area contributed by atoms with E-state index in [1.165, 1.54) is 38.5 Å². The molecule has 0 aliphatic heterocycles. The normalized spacial score (nSPS) is 43.9. The van der Waals surface area contributed by atoms with Gasteiger partial charge >= 0.3 is 0 Å². The summed E-state index contributed by atoms with van der Waals surface area (Å²) in [5.41, 5.74) is 3.16. The molecular formula is C29H46O2. The molecule has 0 heterocycles. The first-order valence-electron chi connectivity index (χ1n) is 13.2. The molecule has 0 unspecified atom stereocenters. The summed E-state index contributed by atoms with van der Waals surface area (Å²) in [6, 6.07) is 0. The van der Waals surface area contributed by atoms with E-state index in [0.29, 0.717) is 29.6 Å². The number of hydrogen-bond acceptors (Lipinski definition) is 2. The minimum atomic E-state index is -0.405. The largest absolute Gasteiger partial charge is 0.389 e. The van der Waals surface area contributed by atoms with Crippen LogP contribution in [-0.4, -0.2) is 17.0 Å². The van der Waals surface area contributed by atoms with Gasteiger partial charge in [0.15, 0.2) is 5.78 Å². The van der Waals surface area contributed by atoms with Gasteiger partial charge in [-0.2, -0.15) is 0 Å². The van der Waals surface area contributed by atoms with Gasteiger partial charge in [0.2, 0.25) is 0 Å². The van der Waals surface area contributed by atoms with Crippen molar-refractivity contribution in [3.05, 3.63) is 23.3 Å². The SMILES string of the molecule is C/C=C(/CC[C@@H](C)[C@H]1CC[C@H]2[C@@H]3C[C@@H](O)C4=CC(=O)CC[C@]4(C)[C@H]3CC[C@]12C)C(C)C. The summed E-state index contributed by atoms with van der Waals surface area (Å²) in [5.74, 6) is 4.50. The van der Waals surface area contributed by atoms with Gasteiger partial charge in [0, 0.05) is 6.42 Å². The molecule has 4 aliphatic rings. The zero-order valence-electron chi connectivity index (χ0n) is 20.9. The monoisotopic (exact) mass is 426 g/mol.